The number of hydrogen-bond acceptors (Lipinski definition) is 2. The van der Waals surface area contributed by atoms with Gasteiger partial charge in [0.1, 0.15) is 0 Å². The predicted octanol–water partition coefficient (Wildman–Crippen LogP) is 2.02. The van der Waals surface area contributed by atoms with E-state index < -0.39 is 0 Å². The minimum atomic E-state index is -0.0276. The summed E-state index contributed by atoms with van der Waals surface area (Å²) in [4.78, 5) is 14.2. The van der Waals surface area contributed by atoms with E-state index in [4.69, 9.17) is 0 Å². The zero-order chi connectivity index (χ0) is 12.3. The molecule has 0 aromatic heterocycles. The summed E-state index contributed by atoms with van der Waals surface area (Å²) in [6.45, 7) is 9.41. The molecule has 1 amide bonds. The van der Waals surface area contributed by atoms with E-state index in [1.54, 1.807) is 0 Å². The fraction of sp³-hybridized carbons (Fsp3) is 0.923. The molecule has 2 unspecified atom stereocenters. The summed E-state index contributed by atoms with van der Waals surface area (Å²) in [5, 5.41) is 3.39. The number of amides is 1. The summed E-state index contributed by atoms with van der Waals surface area (Å²) < 4.78 is 0. The highest BCUT2D eigenvalue weighted by Gasteiger charge is 2.32. The third-order valence-electron chi connectivity index (χ3n) is 4.11. The zero-order valence-corrected chi connectivity index (χ0v) is 11.3. The third-order valence-corrected chi connectivity index (χ3v) is 4.11. The second-order valence-electron chi connectivity index (χ2n) is 5.65. The summed E-state index contributed by atoms with van der Waals surface area (Å²) in [5.41, 5.74) is -0.0276. The first kappa shape index (κ1) is 13.5. The van der Waals surface area contributed by atoms with Crippen LogP contribution < -0.4 is 5.32 Å². The van der Waals surface area contributed by atoms with E-state index in [0.717, 1.165) is 25.8 Å². The highest BCUT2D eigenvalue weighted by Crippen LogP contribution is 2.22. The van der Waals surface area contributed by atoms with E-state index in [1.807, 2.05) is 11.9 Å². The van der Waals surface area contributed by atoms with Gasteiger partial charge < -0.3 is 10.2 Å². The van der Waals surface area contributed by atoms with Crippen molar-refractivity contribution in [1.82, 2.24) is 10.2 Å². The molecule has 0 radical (unpaired) electrons. The number of rotatable bonds is 3. The van der Waals surface area contributed by atoms with Crippen LogP contribution in [0.25, 0.3) is 0 Å². The van der Waals surface area contributed by atoms with Crippen LogP contribution in [0.3, 0.4) is 0 Å². The van der Waals surface area contributed by atoms with E-state index in [9.17, 15) is 4.79 Å². The van der Waals surface area contributed by atoms with Crippen molar-refractivity contribution in [1.29, 1.82) is 0 Å². The van der Waals surface area contributed by atoms with Gasteiger partial charge in [-0.1, -0.05) is 6.92 Å². The first-order valence-corrected chi connectivity index (χ1v) is 6.39. The van der Waals surface area contributed by atoms with Gasteiger partial charge in [-0.3, -0.25) is 4.79 Å². The van der Waals surface area contributed by atoms with Gasteiger partial charge in [0.05, 0.1) is 5.92 Å². The van der Waals surface area contributed by atoms with Crippen molar-refractivity contribution in [2.75, 3.05) is 13.6 Å². The Kier molecular flexibility index (Phi) is 4.36. The normalized spacial score (nSPS) is 26.6. The summed E-state index contributed by atoms with van der Waals surface area (Å²) in [6.07, 6.45) is 3.12. The number of carbonyl (C=O) groups is 1. The first-order valence-electron chi connectivity index (χ1n) is 6.39. The van der Waals surface area contributed by atoms with Gasteiger partial charge in [0, 0.05) is 25.2 Å². The Balaban J connectivity index is 2.57. The van der Waals surface area contributed by atoms with Crippen molar-refractivity contribution in [3.8, 4) is 0 Å². The molecule has 1 N–H and O–H groups in total. The highest BCUT2D eigenvalue weighted by atomic mass is 16.2. The fourth-order valence-corrected chi connectivity index (χ4v) is 2.02. The standard InChI is InChI=1S/C13H26N2O/c1-6-13(3,4)15(5)12(16)11-8-7-10(2)14-9-11/h10-11,14H,6-9H2,1-5H3. The van der Waals surface area contributed by atoms with Crippen LogP contribution in [0, 0.1) is 5.92 Å². The highest BCUT2D eigenvalue weighted by molar-refractivity contribution is 5.79. The summed E-state index contributed by atoms with van der Waals surface area (Å²) in [7, 11) is 1.93. The Morgan fingerprint density at radius 3 is 2.50 bits per heavy atom. The molecule has 0 bridgehead atoms. The van der Waals surface area contributed by atoms with Crippen LogP contribution in [-0.4, -0.2) is 36.0 Å². The van der Waals surface area contributed by atoms with E-state index >= 15 is 0 Å². The van der Waals surface area contributed by atoms with Crippen LogP contribution in [-0.2, 0) is 4.79 Å². The molecule has 1 aliphatic heterocycles. The van der Waals surface area contributed by atoms with Crippen LogP contribution in [0.1, 0.15) is 47.0 Å². The summed E-state index contributed by atoms with van der Waals surface area (Å²) in [5.74, 6) is 0.471. The van der Waals surface area contributed by atoms with Crippen molar-refractivity contribution >= 4 is 5.91 Å². The van der Waals surface area contributed by atoms with Gasteiger partial charge >= 0.3 is 0 Å². The number of nitrogens with one attached hydrogen (secondary N) is 1. The van der Waals surface area contributed by atoms with E-state index in [-0.39, 0.29) is 11.5 Å². The summed E-state index contributed by atoms with van der Waals surface area (Å²) >= 11 is 0. The van der Waals surface area contributed by atoms with Gasteiger partial charge in [0.25, 0.3) is 0 Å². The molecule has 0 aliphatic carbocycles. The van der Waals surface area contributed by atoms with Crippen molar-refractivity contribution in [2.45, 2.75) is 58.5 Å². The maximum absolute atomic E-state index is 12.3. The van der Waals surface area contributed by atoms with Crippen molar-refractivity contribution in [2.24, 2.45) is 5.92 Å². The van der Waals surface area contributed by atoms with Gasteiger partial charge in [-0.05, 0) is 40.0 Å². The Labute approximate surface area is 99.6 Å². The molecule has 2 atom stereocenters. The monoisotopic (exact) mass is 226 g/mol. The van der Waals surface area contributed by atoms with Gasteiger partial charge in [-0.15, -0.1) is 0 Å². The zero-order valence-electron chi connectivity index (χ0n) is 11.3. The van der Waals surface area contributed by atoms with Crippen molar-refractivity contribution in [3.63, 3.8) is 0 Å². The molecule has 0 spiro atoms. The van der Waals surface area contributed by atoms with Crippen molar-refractivity contribution < 1.29 is 4.79 Å². The Morgan fingerprint density at radius 1 is 1.44 bits per heavy atom. The smallest absolute Gasteiger partial charge is 0.227 e. The Bertz CT molecular complexity index is 242. The lowest BCUT2D eigenvalue weighted by atomic mass is 9.91. The van der Waals surface area contributed by atoms with Crippen LogP contribution in [0.2, 0.25) is 0 Å². The third kappa shape index (κ3) is 2.97. The maximum atomic E-state index is 12.3. The molecule has 1 rings (SSSR count). The number of piperidine rings is 1. The fourth-order valence-electron chi connectivity index (χ4n) is 2.02. The van der Waals surface area contributed by atoms with Crippen LogP contribution in [0.4, 0.5) is 0 Å². The molecular formula is C13H26N2O. The minimum Gasteiger partial charge on any atom is -0.340 e. The van der Waals surface area contributed by atoms with Crippen LogP contribution in [0.15, 0.2) is 0 Å². The van der Waals surface area contributed by atoms with Crippen molar-refractivity contribution in [3.05, 3.63) is 0 Å². The Morgan fingerprint density at radius 2 is 2.06 bits per heavy atom. The van der Waals surface area contributed by atoms with Gasteiger partial charge in [-0.25, -0.2) is 0 Å². The summed E-state index contributed by atoms with van der Waals surface area (Å²) in [6, 6.07) is 0.563. The molecule has 3 nitrogen and oxygen atoms in total. The van der Waals surface area contributed by atoms with Crippen LogP contribution >= 0.6 is 0 Å². The molecule has 94 valence electrons. The lowest BCUT2D eigenvalue weighted by Crippen LogP contribution is -2.51. The first-order chi connectivity index (χ1) is 7.38. The predicted molar refractivity (Wildman–Crippen MR) is 67.3 cm³/mol. The van der Waals surface area contributed by atoms with Gasteiger partial charge in [0.15, 0.2) is 0 Å². The molecule has 1 heterocycles. The van der Waals surface area contributed by atoms with Gasteiger partial charge in [-0.2, -0.15) is 0 Å². The second kappa shape index (κ2) is 5.17. The quantitative estimate of drug-likeness (QED) is 0.798. The lowest BCUT2D eigenvalue weighted by molar-refractivity contribution is -0.139. The molecule has 1 aliphatic rings. The molecule has 1 fully saturated rings. The Hall–Kier alpha value is -0.570. The van der Waals surface area contributed by atoms with E-state index in [2.05, 4.69) is 33.0 Å². The molecular weight excluding hydrogens is 200 g/mol. The molecule has 3 heteroatoms. The average Bonchev–Trinajstić information content (AvgIpc) is 2.28. The minimum absolute atomic E-state index is 0.0276. The SMILES string of the molecule is CCC(C)(C)N(C)C(=O)C1CCC(C)NC1. The average molecular weight is 226 g/mol. The molecule has 16 heavy (non-hydrogen) atoms. The number of nitrogens with zero attached hydrogens (tertiary/aromatic N) is 1. The maximum Gasteiger partial charge on any atom is 0.227 e. The molecule has 0 aromatic rings. The van der Waals surface area contributed by atoms with E-state index in [1.165, 1.54) is 0 Å². The molecule has 1 saturated heterocycles. The van der Waals surface area contributed by atoms with Crippen LogP contribution in [0.5, 0.6) is 0 Å². The topological polar surface area (TPSA) is 32.3 Å². The largest absolute Gasteiger partial charge is 0.340 e. The number of carbonyl (C=O) groups excluding carboxylic acids is 1. The molecule has 0 aromatic carbocycles. The number of hydrogen-bond donors (Lipinski definition) is 1. The van der Waals surface area contributed by atoms with Gasteiger partial charge in [0.2, 0.25) is 5.91 Å². The molecule has 0 saturated carbocycles. The lowest BCUT2D eigenvalue weighted by Gasteiger charge is -2.38. The van der Waals surface area contributed by atoms with E-state index in [0.29, 0.717) is 11.9 Å². The second-order valence-corrected chi connectivity index (χ2v) is 5.65.